The molecule has 1 fully saturated rings. The first-order valence-corrected chi connectivity index (χ1v) is 13.0. The number of piperidine rings is 1. The molecule has 0 saturated carbocycles. The van der Waals surface area contributed by atoms with Crippen molar-refractivity contribution in [2.75, 3.05) is 32.0 Å². The van der Waals surface area contributed by atoms with Crippen LogP contribution in [-0.4, -0.2) is 56.8 Å². The molecule has 39 heavy (non-hydrogen) atoms. The molecular formula is C28H30F4N6O. The van der Waals surface area contributed by atoms with Gasteiger partial charge in [-0.25, -0.2) is 27.5 Å². The topological polar surface area (TPSA) is 82.1 Å². The van der Waals surface area contributed by atoms with E-state index in [0.717, 1.165) is 29.5 Å². The average molecular weight is 543 g/mol. The van der Waals surface area contributed by atoms with Crippen LogP contribution in [0, 0.1) is 11.6 Å². The zero-order chi connectivity index (χ0) is 27.6. The quantitative estimate of drug-likeness (QED) is 0.283. The molecule has 4 aromatic rings. The zero-order valence-corrected chi connectivity index (χ0v) is 21.6. The summed E-state index contributed by atoms with van der Waals surface area (Å²) in [6.07, 6.45) is 2.80. The molecular weight excluding hydrogens is 512 g/mol. The number of nitrogens with two attached hydrogens (primary N) is 1. The molecule has 0 aliphatic carbocycles. The molecule has 1 aliphatic heterocycles. The van der Waals surface area contributed by atoms with E-state index in [1.165, 1.54) is 4.68 Å². The van der Waals surface area contributed by atoms with Gasteiger partial charge in [0.25, 0.3) is 5.92 Å². The Morgan fingerprint density at radius 3 is 2.49 bits per heavy atom. The number of benzene rings is 2. The van der Waals surface area contributed by atoms with Crippen LogP contribution in [0.25, 0.3) is 22.4 Å². The fourth-order valence-corrected chi connectivity index (χ4v) is 4.87. The number of aromatic nitrogens is 4. The molecule has 0 bridgehead atoms. The predicted octanol–water partition coefficient (Wildman–Crippen LogP) is 5.46. The number of nitrogens with zero attached hydrogens (tertiary/aromatic N) is 5. The number of fused-ring (bicyclic) bond motifs is 1. The van der Waals surface area contributed by atoms with Gasteiger partial charge in [-0.05, 0) is 32.4 Å². The smallest absolute Gasteiger partial charge is 0.250 e. The molecule has 206 valence electrons. The molecule has 1 aliphatic rings. The van der Waals surface area contributed by atoms with Crippen molar-refractivity contribution in [2.45, 2.75) is 45.1 Å². The van der Waals surface area contributed by atoms with Gasteiger partial charge in [0.2, 0.25) is 0 Å². The number of ether oxygens (including phenoxy) is 1. The molecule has 3 heterocycles. The molecule has 0 unspecified atom stereocenters. The second-order valence-corrected chi connectivity index (χ2v) is 9.73. The average Bonchev–Trinajstić information content (AvgIpc) is 3.27. The Bertz CT molecular complexity index is 1440. The van der Waals surface area contributed by atoms with Crippen molar-refractivity contribution in [1.82, 2.24) is 24.6 Å². The molecule has 0 radical (unpaired) electrons. The van der Waals surface area contributed by atoms with Crippen molar-refractivity contribution in [3.63, 3.8) is 0 Å². The maximum atomic E-state index is 14.8. The highest BCUT2D eigenvalue weighted by molar-refractivity contribution is 5.91. The summed E-state index contributed by atoms with van der Waals surface area (Å²) in [4.78, 5) is 11.0. The summed E-state index contributed by atoms with van der Waals surface area (Å²) in [6.45, 7) is 3.37. The van der Waals surface area contributed by atoms with Crippen LogP contribution >= 0.6 is 0 Å². The van der Waals surface area contributed by atoms with Crippen LogP contribution in [0.3, 0.4) is 0 Å². The summed E-state index contributed by atoms with van der Waals surface area (Å²) in [7, 11) is 0. The summed E-state index contributed by atoms with van der Waals surface area (Å²) in [5, 5.41) is 5.33. The molecule has 0 spiro atoms. The van der Waals surface area contributed by atoms with E-state index in [4.69, 9.17) is 10.5 Å². The minimum absolute atomic E-state index is 0.106. The molecule has 11 heteroatoms. The Morgan fingerprint density at radius 1 is 1.08 bits per heavy atom. The maximum absolute atomic E-state index is 14.8. The van der Waals surface area contributed by atoms with Crippen molar-refractivity contribution in [3.8, 4) is 17.3 Å². The lowest BCUT2D eigenvalue weighted by atomic mass is 10.1. The highest BCUT2D eigenvalue weighted by Crippen LogP contribution is 2.30. The number of aryl methyl sites for hydroxylation is 1. The third-order valence-corrected chi connectivity index (χ3v) is 7.01. The minimum atomic E-state index is -2.56. The number of hydrogen-bond acceptors (Lipinski definition) is 6. The number of alkyl halides is 2. The maximum Gasteiger partial charge on any atom is 0.250 e. The second-order valence-electron chi connectivity index (χ2n) is 9.73. The van der Waals surface area contributed by atoms with Crippen molar-refractivity contribution in [2.24, 2.45) is 0 Å². The van der Waals surface area contributed by atoms with E-state index in [0.29, 0.717) is 55.5 Å². The Hall–Kier alpha value is -3.73. The van der Waals surface area contributed by atoms with Gasteiger partial charge in [-0.3, -0.25) is 4.68 Å². The summed E-state index contributed by atoms with van der Waals surface area (Å²) in [6, 6.07) is 9.63. The largest absolute Gasteiger partial charge is 0.494 e. The van der Waals surface area contributed by atoms with Gasteiger partial charge in [0.15, 0.2) is 5.82 Å². The first-order chi connectivity index (χ1) is 18.7. The third-order valence-electron chi connectivity index (χ3n) is 7.01. The number of rotatable bonds is 9. The molecule has 0 atom stereocenters. The van der Waals surface area contributed by atoms with Crippen molar-refractivity contribution < 1.29 is 22.3 Å². The minimum Gasteiger partial charge on any atom is -0.494 e. The highest BCUT2D eigenvalue weighted by atomic mass is 19.3. The van der Waals surface area contributed by atoms with Gasteiger partial charge in [0.1, 0.15) is 28.9 Å². The predicted molar refractivity (Wildman–Crippen MR) is 141 cm³/mol. The summed E-state index contributed by atoms with van der Waals surface area (Å²) in [5.41, 5.74) is 8.01. The van der Waals surface area contributed by atoms with E-state index in [2.05, 4.69) is 15.1 Å². The van der Waals surface area contributed by atoms with Gasteiger partial charge in [-0.1, -0.05) is 18.2 Å². The monoisotopic (exact) mass is 542 g/mol. The van der Waals surface area contributed by atoms with Gasteiger partial charge in [-0.15, -0.1) is 0 Å². The molecule has 2 aromatic carbocycles. The normalized spacial score (nSPS) is 15.6. The Morgan fingerprint density at radius 2 is 1.79 bits per heavy atom. The molecule has 7 nitrogen and oxygen atoms in total. The van der Waals surface area contributed by atoms with Crippen molar-refractivity contribution in [3.05, 3.63) is 65.4 Å². The Balaban J connectivity index is 1.34. The number of halogens is 4. The van der Waals surface area contributed by atoms with E-state index >= 15 is 0 Å². The highest BCUT2D eigenvalue weighted by Gasteiger charge is 2.33. The number of hydrogen-bond donors (Lipinski definition) is 1. The van der Waals surface area contributed by atoms with Crippen LogP contribution in [0.2, 0.25) is 0 Å². The van der Waals surface area contributed by atoms with Crippen LogP contribution in [-0.2, 0) is 13.0 Å². The number of anilines is 1. The first-order valence-electron chi connectivity index (χ1n) is 13.0. The fourth-order valence-electron chi connectivity index (χ4n) is 4.87. The molecule has 0 amide bonds. The Labute approximate surface area is 223 Å². The fraction of sp³-hybridized carbons (Fsp3) is 0.393. The molecule has 5 rings (SSSR count). The van der Waals surface area contributed by atoms with E-state index in [1.54, 1.807) is 13.1 Å². The van der Waals surface area contributed by atoms with Crippen LogP contribution in [0.15, 0.2) is 42.6 Å². The van der Waals surface area contributed by atoms with Gasteiger partial charge >= 0.3 is 0 Å². The number of nitrogen functional groups attached to an aromatic ring is 1. The molecule has 2 aromatic heterocycles. The zero-order valence-electron chi connectivity index (χ0n) is 21.6. The summed E-state index contributed by atoms with van der Waals surface area (Å²) in [5.74, 6) is -3.25. The van der Waals surface area contributed by atoms with Gasteiger partial charge in [0, 0.05) is 60.8 Å². The van der Waals surface area contributed by atoms with Crippen LogP contribution in [0.1, 0.15) is 37.3 Å². The van der Waals surface area contributed by atoms with Gasteiger partial charge < -0.3 is 15.4 Å². The van der Waals surface area contributed by atoms with Crippen molar-refractivity contribution >= 4 is 16.7 Å². The molecule has 1 saturated heterocycles. The van der Waals surface area contributed by atoms with E-state index < -0.39 is 17.6 Å². The van der Waals surface area contributed by atoms with E-state index in [9.17, 15) is 17.6 Å². The second kappa shape index (κ2) is 11.2. The Kier molecular flexibility index (Phi) is 7.69. The van der Waals surface area contributed by atoms with Crippen LogP contribution < -0.4 is 10.5 Å². The first kappa shape index (κ1) is 26.9. The summed E-state index contributed by atoms with van der Waals surface area (Å²) >= 11 is 0. The SMILES string of the molecule is CCOc1cc(F)c(Cn2nc(-c3ncc(CCCN4CCC(F)(F)CC4)c(N)n3)c3ccccc32)c(F)c1. The van der Waals surface area contributed by atoms with Crippen molar-refractivity contribution in [1.29, 1.82) is 0 Å². The third kappa shape index (κ3) is 5.98. The van der Waals surface area contributed by atoms with Gasteiger partial charge in [0.05, 0.1) is 18.7 Å². The number of likely N-dealkylation sites (tertiary alicyclic amines) is 1. The molecule has 2 N–H and O–H groups in total. The van der Waals surface area contributed by atoms with E-state index in [-0.39, 0.29) is 30.7 Å². The lowest BCUT2D eigenvalue weighted by molar-refractivity contribution is -0.0551. The summed E-state index contributed by atoms with van der Waals surface area (Å²) < 4.78 is 63.0. The standard InChI is InChI=1S/C28H30F4N6O/c1-2-39-19-14-22(29)21(23(30)15-19)17-38-24-8-4-3-7-20(24)25(36-38)27-34-16-18(26(33)35-27)6-5-11-37-12-9-28(31,32)10-13-37/h3-4,7-8,14-16H,2,5-6,9-13,17H2,1H3,(H2,33,34,35). The lowest BCUT2D eigenvalue weighted by Gasteiger charge is -2.31. The lowest BCUT2D eigenvalue weighted by Crippen LogP contribution is -2.39. The van der Waals surface area contributed by atoms with Gasteiger partial charge in [-0.2, -0.15) is 5.10 Å². The van der Waals surface area contributed by atoms with Crippen LogP contribution in [0.4, 0.5) is 23.4 Å². The van der Waals surface area contributed by atoms with Crippen LogP contribution in [0.5, 0.6) is 5.75 Å². The van der Waals surface area contributed by atoms with E-state index in [1.807, 2.05) is 29.2 Å². The number of para-hydroxylation sites is 1.